The van der Waals surface area contributed by atoms with Gasteiger partial charge in [-0.05, 0) is 59.4 Å². The summed E-state index contributed by atoms with van der Waals surface area (Å²) in [5.74, 6) is -0.391. The first-order valence-electron chi connectivity index (χ1n) is 6.57. The fourth-order valence-corrected chi connectivity index (χ4v) is 2.28. The molecule has 0 fully saturated rings. The third-order valence-corrected chi connectivity index (χ3v) is 3.44. The van der Waals surface area contributed by atoms with E-state index in [-0.39, 0.29) is 11.5 Å². The summed E-state index contributed by atoms with van der Waals surface area (Å²) in [5, 5.41) is 18.9. The van der Waals surface area contributed by atoms with Gasteiger partial charge >= 0.3 is 5.97 Å². The Labute approximate surface area is 118 Å². The summed E-state index contributed by atoms with van der Waals surface area (Å²) in [6, 6.07) is 10.5. The number of phenols is 1. The van der Waals surface area contributed by atoms with Crippen LogP contribution in [0.5, 0.6) is 5.75 Å². The van der Waals surface area contributed by atoms with Crippen LogP contribution in [0.4, 0.5) is 0 Å². The second kappa shape index (κ2) is 5.37. The molecule has 3 nitrogen and oxygen atoms in total. The molecular weight excluding hydrogens is 252 g/mol. The van der Waals surface area contributed by atoms with Gasteiger partial charge in [-0.1, -0.05) is 26.0 Å². The highest BCUT2D eigenvalue weighted by Gasteiger charge is 2.11. The van der Waals surface area contributed by atoms with Crippen molar-refractivity contribution in [2.45, 2.75) is 26.7 Å². The minimum atomic E-state index is -0.929. The van der Waals surface area contributed by atoms with Crippen molar-refractivity contribution in [2.24, 2.45) is 0 Å². The zero-order valence-electron chi connectivity index (χ0n) is 11.8. The monoisotopic (exact) mass is 270 g/mol. The van der Waals surface area contributed by atoms with E-state index in [0.29, 0.717) is 5.75 Å². The van der Waals surface area contributed by atoms with E-state index in [1.807, 2.05) is 26.8 Å². The molecule has 0 aliphatic rings. The molecular formula is C17H18O3. The molecule has 2 rings (SSSR count). The number of hydrogen-bond donors (Lipinski definition) is 2. The Morgan fingerprint density at radius 3 is 2.20 bits per heavy atom. The molecule has 0 amide bonds. The molecule has 104 valence electrons. The maximum Gasteiger partial charge on any atom is 0.335 e. The molecule has 2 N–H and O–H groups in total. The molecule has 0 unspecified atom stereocenters. The molecule has 0 aliphatic carbocycles. The number of carboxylic acid groups (broad SMARTS) is 1. The lowest BCUT2D eigenvalue weighted by molar-refractivity contribution is 0.0697. The Morgan fingerprint density at radius 2 is 1.70 bits per heavy atom. The molecule has 0 aromatic heterocycles. The van der Waals surface area contributed by atoms with E-state index in [1.54, 1.807) is 30.3 Å². The normalized spacial score (nSPS) is 10.8. The van der Waals surface area contributed by atoms with Gasteiger partial charge in [-0.15, -0.1) is 0 Å². The SMILES string of the molecule is Cc1cc(O)c(C(C)C)cc1-c1ccc(C(=O)O)cc1. The maximum atomic E-state index is 10.9. The van der Waals surface area contributed by atoms with Crippen LogP contribution < -0.4 is 0 Å². The number of aryl methyl sites for hydroxylation is 1. The van der Waals surface area contributed by atoms with E-state index in [9.17, 15) is 9.90 Å². The molecule has 2 aromatic carbocycles. The Hall–Kier alpha value is -2.29. The Morgan fingerprint density at radius 1 is 1.10 bits per heavy atom. The van der Waals surface area contributed by atoms with E-state index in [2.05, 4.69) is 0 Å². The first kappa shape index (κ1) is 14.1. The van der Waals surface area contributed by atoms with Crippen LogP contribution in [-0.4, -0.2) is 16.2 Å². The average Bonchev–Trinajstić information content (AvgIpc) is 2.38. The molecule has 0 spiro atoms. The minimum Gasteiger partial charge on any atom is -0.508 e. The van der Waals surface area contributed by atoms with Gasteiger partial charge in [-0.25, -0.2) is 4.79 Å². The molecule has 0 aliphatic heterocycles. The van der Waals surface area contributed by atoms with Gasteiger partial charge in [0, 0.05) is 0 Å². The molecule has 3 heteroatoms. The molecule has 0 saturated carbocycles. The lowest BCUT2D eigenvalue weighted by atomic mass is 9.92. The number of benzene rings is 2. The van der Waals surface area contributed by atoms with E-state index < -0.39 is 5.97 Å². The first-order chi connectivity index (χ1) is 9.40. The quantitative estimate of drug-likeness (QED) is 0.879. The Bertz CT molecular complexity index is 640. The summed E-state index contributed by atoms with van der Waals surface area (Å²) >= 11 is 0. The van der Waals surface area contributed by atoms with E-state index in [4.69, 9.17) is 5.11 Å². The first-order valence-corrected chi connectivity index (χ1v) is 6.57. The van der Waals surface area contributed by atoms with Gasteiger partial charge in [-0.3, -0.25) is 0 Å². The van der Waals surface area contributed by atoms with Crippen molar-refractivity contribution in [3.63, 3.8) is 0 Å². The fraction of sp³-hybridized carbons (Fsp3) is 0.235. The third kappa shape index (κ3) is 2.67. The fourth-order valence-electron chi connectivity index (χ4n) is 2.28. The van der Waals surface area contributed by atoms with E-state index in [1.165, 1.54) is 0 Å². The van der Waals surface area contributed by atoms with Crippen molar-refractivity contribution in [3.8, 4) is 16.9 Å². The highest BCUT2D eigenvalue weighted by Crippen LogP contribution is 2.33. The third-order valence-electron chi connectivity index (χ3n) is 3.44. The summed E-state index contributed by atoms with van der Waals surface area (Å²) in [6.07, 6.45) is 0. The topological polar surface area (TPSA) is 57.5 Å². The number of aromatic carboxylic acids is 1. The van der Waals surface area contributed by atoms with Gasteiger partial charge in [0.05, 0.1) is 5.56 Å². The van der Waals surface area contributed by atoms with Crippen LogP contribution in [0, 0.1) is 6.92 Å². The number of rotatable bonds is 3. The van der Waals surface area contributed by atoms with Crippen LogP contribution in [0.1, 0.15) is 41.3 Å². The van der Waals surface area contributed by atoms with Crippen LogP contribution >= 0.6 is 0 Å². The van der Waals surface area contributed by atoms with Crippen LogP contribution in [0.25, 0.3) is 11.1 Å². The Kier molecular flexibility index (Phi) is 3.79. The van der Waals surface area contributed by atoms with E-state index in [0.717, 1.165) is 22.3 Å². The number of hydrogen-bond acceptors (Lipinski definition) is 2. The second-order valence-electron chi connectivity index (χ2n) is 5.26. The zero-order chi connectivity index (χ0) is 14.9. The van der Waals surface area contributed by atoms with Gasteiger partial charge in [0.2, 0.25) is 0 Å². The highest BCUT2D eigenvalue weighted by atomic mass is 16.4. The number of carbonyl (C=O) groups is 1. The van der Waals surface area contributed by atoms with Gasteiger partial charge in [0.1, 0.15) is 5.75 Å². The molecule has 2 aromatic rings. The lowest BCUT2D eigenvalue weighted by Gasteiger charge is -2.14. The number of phenolic OH excluding ortho intramolecular Hbond substituents is 1. The highest BCUT2D eigenvalue weighted by molar-refractivity contribution is 5.88. The molecule has 0 bridgehead atoms. The zero-order valence-corrected chi connectivity index (χ0v) is 11.8. The molecule has 20 heavy (non-hydrogen) atoms. The summed E-state index contributed by atoms with van der Waals surface area (Å²) in [5.41, 5.74) is 4.11. The lowest BCUT2D eigenvalue weighted by Crippen LogP contribution is -1.96. The maximum absolute atomic E-state index is 10.9. The number of carboxylic acids is 1. The van der Waals surface area contributed by atoms with Crippen molar-refractivity contribution in [1.82, 2.24) is 0 Å². The van der Waals surface area contributed by atoms with Crippen LogP contribution in [0.2, 0.25) is 0 Å². The molecule has 0 radical (unpaired) electrons. The largest absolute Gasteiger partial charge is 0.508 e. The second-order valence-corrected chi connectivity index (χ2v) is 5.26. The van der Waals surface area contributed by atoms with Gasteiger partial charge < -0.3 is 10.2 Å². The van der Waals surface area contributed by atoms with Crippen molar-refractivity contribution >= 4 is 5.97 Å². The van der Waals surface area contributed by atoms with Crippen molar-refractivity contribution < 1.29 is 15.0 Å². The van der Waals surface area contributed by atoms with Gasteiger partial charge in [-0.2, -0.15) is 0 Å². The molecule has 0 saturated heterocycles. The summed E-state index contributed by atoms with van der Waals surface area (Å²) in [4.78, 5) is 10.9. The van der Waals surface area contributed by atoms with Gasteiger partial charge in [0.15, 0.2) is 0 Å². The van der Waals surface area contributed by atoms with Gasteiger partial charge in [0.25, 0.3) is 0 Å². The number of aromatic hydroxyl groups is 1. The van der Waals surface area contributed by atoms with Crippen molar-refractivity contribution in [2.75, 3.05) is 0 Å². The van der Waals surface area contributed by atoms with Crippen LogP contribution in [0.3, 0.4) is 0 Å². The van der Waals surface area contributed by atoms with E-state index >= 15 is 0 Å². The average molecular weight is 270 g/mol. The minimum absolute atomic E-state index is 0.229. The predicted molar refractivity (Wildman–Crippen MR) is 79.3 cm³/mol. The molecule has 0 heterocycles. The van der Waals surface area contributed by atoms with Crippen molar-refractivity contribution in [1.29, 1.82) is 0 Å². The van der Waals surface area contributed by atoms with Crippen LogP contribution in [-0.2, 0) is 0 Å². The summed E-state index contributed by atoms with van der Waals surface area (Å²) in [7, 11) is 0. The van der Waals surface area contributed by atoms with Crippen molar-refractivity contribution in [3.05, 3.63) is 53.1 Å². The molecule has 0 atom stereocenters. The summed E-state index contributed by atoms with van der Waals surface area (Å²) in [6.45, 7) is 5.99. The standard InChI is InChI=1S/C17H18O3/c1-10(2)14-9-15(11(3)8-16(14)18)12-4-6-13(7-5-12)17(19)20/h4-10,18H,1-3H3,(H,19,20). The summed E-state index contributed by atoms with van der Waals surface area (Å²) < 4.78 is 0. The van der Waals surface area contributed by atoms with Crippen LogP contribution in [0.15, 0.2) is 36.4 Å². The predicted octanol–water partition coefficient (Wildman–Crippen LogP) is 4.19. The smallest absolute Gasteiger partial charge is 0.335 e. The Balaban J connectivity index is 2.51.